The van der Waals surface area contributed by atoms with E-state index in [1.54, 1.807) is 12.1 Å². The summed E-state index contributed by atoms with van der Waals surface area (Å²) in [4.78, 5) is 32.7. The number of Topliss-reactive ketones (excluding diaryl/α,β-unsaturated/α-hetero) is 2. The van der Waals surface area contributed by atoms with Crippen molar-refractivity contribution in [2.24, 2.45) is 0 Å². The molecule has 1 saturated heterocycles. The average Bonchev–Trinajstić information content (AvgIpc) is 3.11. The van der Waals surface area contributed by atoms with Crippen LogP contribution in [0.25, 0.3) is 0 Å². The summed E-state index contributed by atoms with van der Waals surface area (Å²) in [5, 5.41) is 0. The summed E-state index contributed by atoms with van der Waals surface area (Å²) < 4.78 is 6.29. The molecule has 0 amide bonds. The van der Waals surface area contributed by atoms with Gasteiger partial charge in [0.2, 0.25) is 0 Å². The van der Waals surface area contributed by atoms with Crippen molar-refractivity contribution in [1.82, 2.24) is 9.80 Å². The number of piperazine rings is 1. The molecule has 1 aliphatic carbocycles. The van der Waals surface area contributed by atoms with E-state index in [0.29, 0.717) is 24.2 Å². The van der Waals surface area contributed by atoms with Crippen LogP contribution in [0.1, 0.15) is 49.4 Å². The molecule has 0 saturated carbocycles. The Morgan fingerprint density at radius 1 is 0.833 bits per heavy atom. The van der Waals surface area contributed by atoms with E-state index >= 15 is 0 Å². The molecule has 1 atom stereocenters. The highest BCUT2D eigenvalue weighted by molar-refractivity contribution is 6.32. The predicted octanol–water partition coefficient (Wildman–Crippen LogP) is 4.59. The first-order valence-corrected chi connectivity index (χ1v) is 13.0. The Bertz CT molecular complexity index is 1280. The number of benzene rings is 3. The Morgan fingerprint density at radius 3 is 2.11 bits per heavy atom. The first-order chi connectivity index (χ1) is 17.5. The third-order valence-corrected chi connectivity index (χ3v) is 8.02. The lowest BCUT2D eigenvalue weighted by Crippen LogP contribution is -2.61. The van der Waals surface area contributed by atoms with E-state index in [0.717, 1.165) is 54.9 Å². The minimum Gasteiger partial charge on any atom is -0.489 e. The summed E-state index contributed by atoms with van der Waals surface area (Å²) in [6.07, 6.45) is 2.22. The second-order valence-electron chi connectivity index (χ2n) is 10.5. The standard InChI is InChI=1S/C31H32N2O3/c1-21-17-22(2)19-24(18-21)31(29(34)26-8-4-5-9-27(26)30(31)35)33-15-13-32(14-16-33)20-25-12-11-23-7-3-6-10-28(23)36-25/h3-10,17-19,25H,11-16,20H2,1-2H3. The quantitative estimate of drug-likeness (QED) is 0.512. The third-order valence-electron chi connectivity index (χ3n) is 8.02. The van der Waals surface area contributed by atoms with Crippen molar-refractivity contribution in [2.45, 2.75) is 38.3 Å². The number of ketones is 2. The number of carbonyl (C=O) groups excluding carboxylic acids is 2. The van der Waals surface area contributed by atoms with E-state index in [9.17, 15) is 9.59 Å². The molecule has 0 spiro atoms. The number of hydrogen-bond acceptors (Lipinski definition) is 5. The van der Waals surface area contributed by atoms with Crippen molar-refractivity contribution in [3.63, 3.8) is 0 Å². The van der Waals surface area contributed by atoms with E-state index in [2.05, 4.69) is 34.1 Å². The summed E-state index contributed by atoms with van der Waals surface area (Å²) in [6.45, 7) is 7.82. The number of carbonyl (C=O) groups is 2. The molecule has 3 aromatic carbocycles. The lowest BCUT2D eigenvalue weighted by Gasteiger charge is -2.45. The normalized spacial score (nSPS) is 21.7. The van der Waals surface area contributed by atoms with E-state index in [-0.39, 0.29) is 17.7 Å². The summed E-state index contributed by atoms with van der Waals surface area (Å²) in [6, 6.07) is 21.7. The molecule has 0 N–H and O–H groups in total. The second-order valence-corrected chi connectivity index (χ2v) is 10.5. The summed E-state index contributed by atoms with van der Waals surface area (Å²) in [5.41, 5.74) is 4.01. The van der Waals surface area contributed by atoms with Crippen LogP contribution in [0.4, 0.5) is 0 Å². The Labute approximate surface area is 212 Å². The van der Waals surface area contributed by atoms with Gasteiger partial charge in [0, 0.05) is 43.9 Å². The van der Waals surface area contributed by atoms with Gasteiger partial charge in [-0.15, -0.1) is 0 Å². The van der Waals surface area contributed by atoms with Crippen LogP contribution in [-0.4, -0.2) is 60.2 Å². The largest absolute Gasteiger partial charge is 0.489 e. The van der Waals surface area contributed by atoms with Gasteiger partial charge >= 0.3 is 0 Å². The first-order valence-electron chi connectivity index (χ1n) is 13.0. The van der Waals surface area contributed by atoms with Gasteiger partial charge in [-0.3, -0.25) is 19.4 Å². The zero-order chi connectivity index (χ0) is 24.9. The highest BCUT2D eigenvalue weighted by atomic mass is 16.5. The zero-order valence-corrected chi connectivity index (χ0v) is 21.0. The minimum absolute atomic E-state index is 0.0891. The van der Waals surface area contributed by atoms with E-state index in [1.807, 2.05) is 44.2 Å². The van der Waals surface area contributed by atoms with E-state index in [4.69, 9.17) is 4.74 Å². The van der Waals surface area contributed by atoms with Crippen molar-refractivity contribution in [3.05, 3.63) is 100 Å². The van der Waals surface area contributed by atoms with Crippen LogP contribution in [0, 0.1) is 13.8 Å². The van der Waals surface area contributed by atoms with Crippen LogP contribution in [0.2, 0.25) is 0 Å². The third kappa shape index (κ3) is 3.69. The molecular weight excluding hydrogens is 448 g/mol. The molecule has 2 heterocycles. The molecule has 3 aliphatic rings. The van der Waals surface area contributed by atoms with Gasteiger partial charge in [-0.2, -0.15) is 0 Å². The topological polar surface area (TPSA) is 49.9 Å². The number of para-hydroxylation sites is 1. The van der Waals surface area contributed by atoms with Gasteiger partial charge in [0.25, 0.3) is 0 Å². The highest BCUT2D eigenvalue weighted by Crippen LogP contribution is 2.43. The number of rotatable bonds is 4. The van der Waals surface area contributed by atoms with Crippen molar-refractivity contribution in [1.29, 1.82) is 0 Å². The number of fused-ring (bicyclic) bond motifs is 2. The monoisotopic (exact) mass is 480 g/mol. The van der Waals surface area contributed by atoms with Crippen LogP contribution >= 0.6 is 0 Å². The molecule has 0 aromatic heterocycles. The van der Waals surface area contributed by atoms with E-state index < -0.39 is 5.54 Å². The molecule has 0 bridgehead atoms. The average molecular weight is 481 g/mol. The van der Waals surface area contributed by atoms with Gasteiger partial charge in [0.05, 0.1) is 0 Å². The van der Waals surface area contributed by atoms with Crippen LogP contribution in [0.3, 0.4) is 0 Å². The molecule has 2 aliphatic heterocycles. The number of aryl methyl sites for hydroxylation is 3. The number of ether oxygens (including phenoxy) is 1. The molecule has 184 valence electrons. The molecule has 6 rings (SSSR count). The first kappa shape index (κ1) is 23.1. The molecule has 5 heteroatoms. The second kappa shape index (κ2) is 8.99. The fourth-order valence-electron chi connectivity index (χ4n) is 6.35. The number of hydrogen-bond donors (Lipinski definition) is 0. The SMILES string of the molecule is Cc1cc(C)cc(C2(N3CCN(CC4CCc5ccccc5O4)CC3)C(=O)c3ccccc3C2=O)c1. The summed E-state index contributed by atoms with van der Waals surface area (Å²) >= 11 is 0. The van der Waals surface area contributed by atoms with Crippen molar-refractivity contribution in [2.75, 3.05) is 32.7 Å². The zero-order valence-electron chi connectivity index (χ0n) is 21.0. The van der Waals surface area contributed by atoms with Gasteiger partial charge in [-0.25, -0.2) is 0 Å². The molecular formula is C31H32N2O3. The van der Waals surface area contributed by atoms with Crippen LogP contribution in [-0.2, 0) is 12.0 Å². The van der Waals surface area contributed by atoms with Gasteiger partial charge in [0.1, 0.15) is 11.9 Å². The molecule has 3 aromatic rings. The van der Waals surface area contributed by atoms with Crippen LogP contribution < -0.4 is 4.74 Å². The van der Waals surface area contributed by atoms with Gasteiger partial charge in [-0.05, 0) is 43.9 Å². The van der Waals surface area contributed by atoms with Crippen LogP contribution in [0.15, 0.2) is 66.7 Å². The molecule has 5 nitrogen and oxygen atoms in total. The Balaban J connectivity index is 1.26. The van der Waals surface area contributed by atoms with Gasteiger partial charge in [0.15, 0.2) is 17.1 Å². The van der Waals surface area contributed by atoms with Gasteiger partial charge in [-0.1, -0.05) is 71.8 Å². The predicted molar refractivity (Wildman–Crippen MR) is 140 cm³/mol. The molecule has 36 heavy (non-hydrogen) atoms. The fourth-order valence-corrected chi connectivity index (χ4v) is 6.35. The lowest BCUT2D eigenvalue weighted by molar-refractivity contribution is 0.0201. The van der Waals surface area contributed by atoms with Crippen molar-refractivity contribution < 1.29 is 14.3 Å². The highest BCUT2D eigenvalue weighted by Gasteiger charge is 2.58. The molecule has 1 fully saturated rings. The van der Waals surface area contributed by atoms with Crippen molar-refractivity contribution in [3.8, 4) is 5.75 Å². The Hall–Kier alpha value is -3.28. The fraction of sp³-hybridized carbons (Fsp3) is 0.355. The van der Waals surface area contributed by atoms with Crippen molar-refractivity contribution >= 4 is 11.6 Å². The maximum atomic E-state index is 14.1. The minimum atomic E-state index is -1.28. The summed E-state index contributed by atoms with van der Waals surface area (Å²) in [7, 11) is 0. The maximum absolute atomic E-state index is 14.1. The van der Waals surface area contributed by atoms with Crippen LogP contribution in [0.5, 0.6) is 5.75 Å². The van der Waals surface area contributed by atoms with Gasteiger partial charge < -0.3 is 4.74 Å². The smallest absolute Gasteiger partial charge is 0.196 e. The van der Waals surface area contributed by atoms with E-state index in [1.165, 1.54) is 5.56 Å². The summed E-state index contributed by atoms with van der Waals surface area (Å²) in [5.74, 6) is 0.823. The number of nitrogens with zero attached hydrogens (tertiary/aromatic N) is 2. The lowest BCUT2D eigenvalue weighted by atomic mass is 9.81. The Kier molecular flexibility index (Phi) is 5.78. The maximum Gasteiger partial charge on any atom is 0.196 e. The Morgan fingerprint density at radius 2 is 1.44 bits per heavy atom. The molecule has 0 radical (unpaired) electrons. The molecule has 1 unspecified atom stereocenters.